The van der Waals surface area contributed by atoms with Gasteiger partial charge in [0.1, 0.15) is 0 Å². The number of nitrogens with zero attached hydrogens (tertiary/aromatic N) is 1. The Labute approximate surface area is 86.7 Å². The van der Waals surface area contributed by atoms with Crippen LogP contribution >= 0.6 is 0 Å². The second-order valence-corrected chi connectivity index (χ2v) is 4.16. The average Bonchev–Trinajstić information content (AvgIpc) is 2.67. The Hall–Kier alpha value is -0.820. The molecule has 0 saturated carbocycles. The molecule has 0 aliphatic carbocycles. The first-order valence-electron chi connectivity index (χ1n) is 5.68. The predicted octanol–water partition coefficient (Wildman–Crippen LogP) is 3.06. The second kappa shape index (κ2) is 4.61. The SMILES string of the molecule is CCC1CCCN1Cc1ccccc1. The van der Waals surface area contributed by atoms with Crippen LogP contribution in [-0.4, -0.2) is 17.5 Å². The average molecular weight is 189 g/mol. The van der Waals surface area contributed by atoms with E-state index in [2.05, 4.69) is 42.2 Å². The Morgan fingerprint density at radius 1 is 1.29 bits per heavy atom. The van der Waals surface area contributed by atoms with Crippen molar-refractivity contribution in [2.24, 2.45) is 0 Å². The number of hydrogen-bond donors (Lipinski definition) is 0. The van der Waals surface area contributed by atoms with E-state index in [4.69, 9.17) is 0 Å². The molecule has 2 rings (SSSR count). The van der Waals surface area contributed by atoms with Crippen molar-refractivity contribution in [2.45, 2.75) is 38.8 Å². The van der Waals surface area contributed by atoms with Gasteiger partial charge in [-0.3, -0.25) is 4.90 Å². The molecule has 0 bridgehead atoms. The normalized spacial score (nSPS) is 22.8. The maximum Gasteiger partial charge on any atom is 0.0236 e. The minimum Gasteiger partial charge on any atom is -0.296 e. The summed E-state index contributed by atoms with van der Waals surface area (Å²) in [6.07, 6.45) is 4.07. The summed E-state index contributed by atoms with van der Waals surface area (Å²) in [7, 11) is 0. The lowest BCUT2D eigenvalue weighted by molar-refractivity contribution is 0.240. The molecule has 1 saturated heterocycles. The third-order valence-electron chi connectivity index (χ3n) is 3.20. The second-order valence-electron chi connectivity index (χ2n) is 4.16. The lowest BCUT2D eigenvalue weighted by atomic mass is 10.1. The molecule has 0 radical (unpaired) electrons. The minimum absolute atomic E-state index is 0.829. The van der Waals surface area contributed by atoms with Crippen LogP contribution in [0.1, 0.15) is 31.7 Å². The number of rotatable bonds is 3. The zero-order valence-corrected chi connectivity index (χ0v) is 8.95. The molecule has 0 N–H and O–H groups in total. The van der Waals surface area contributed by atoms with Crippen molar-refractivity contribution in [2.75, 3.05) is 6.54 Å². The largest absolute Gasteiger partial charge is 0.296 e. The van der Waals surface area contributed by atoms with Gasteiger partial charge in [-0.05, 0) is 31.4 Å². The topological polar surface area (TPSA) is 3.24 Å². The van der Waals surface area contributed by atoms with Crippen molar-refractivity contribution < 1.29 is 0 Å². The van der Waals surface area contributed by atoms with Crippen molar-refractivity contribution in [3.05, 3.63) is 35.9 Å². The van der Waals surface area contributed by atoms with Gasteiger partial charge in [0.2, 0.25) is 0 Å². The maximum atomic E-state index is 2.62. The van der Waals surface area contributed by atoms with E-state index in [1.54, 1.807) is 0 Å². The molecule has 1 aliphatic rings. The van der Waals surface area contributed by atoms with Crippen molar-refractivity contribution in [1.82, 2.24) is 4.90 Å². The van der Waals surface area contributed by atoms with Crippen molar-refractivity contribution in [3.8, 4) is 0 Å². The van der Waals surface area contributed by atoms with E-state index in [0.717, 1.165) is 12.6 Å². The Morgan fingerprint density at radius 2 is 2.07 bits per heavy atom. The minimum atomic E-state index is 0.829. The van der Waals surface area contributed by atoms with Gasteiger partial charge >= 0.3 is 0 Å². The van der Waals surface area contributed by atoms with Gasteiger partial charge in [-0.15, -0.1) is 0 Å². The molecule has 1 heterocycles. The number of hydrogen-bond acceptors (Lipinski definition) is 1. The Morgan fingerprint density at radius 3 is 2.79 bits per heavy atom. The summed E-state index contributed by atoms with van der Waals surface area (Å²) in [4.78, 5) is 2.62. The van der Waals surface area contributed by atoms with E-state index < -0.39 is 0 Å². The van der Waals surface area contributed by atoms with Crippen LogP contribution in [0.2, 0.25) is 0 Å². The fourth-order valence-electron chi connectivity index (χ4n) is 2.38. The lowest BCUT2D eigenvalue weighted by Crippen LogP contribution is -2.28. The molecule has 0 aromatic heterocycles. The van der Waals surface area contributed by atoms with Gasteiger partial charge in [0.05, 0.1) is 0 Å². The first-order chi connectivity index (χ1) is 6.90. The monoisotopic (exact) mass is 189 g/mol. The smallest absolute Gasteiger partial charge is 0.0236 e. The van der Waals surface area contributed by atoms with Gasteiger partial charge in [-0.1, -0.05) is 37.3 Å². The van der Waals surface area contributed by atoms with Gasteiger partial charge in [0.25, 0.3) is 0 Å². The fourth-order valence-corrected chi connectivity index (χ4v) is 2.38. The summed E-state index contributed by atoms with van der Waals surface area (Å²) in [5, 5.41) is 0. The Balaban J connectivity index is 1.97. The molecule has 1 heteroatoms. The van der Waals surface area contributed by atoms with Crippen LogP contribution < -0.4 is 0 Å². The lowest BCUT2D eigenvalue weighted by Gasteiger charge is -2.23. The van der Waals surface area contributed by atoms with E-state index in [1.165, 1.54) is 31.4 Å². The summed E-state index contributed by atoms with van der Waals surface area (Å²) >= 11 is 0. The highest BCUT2D eigenvalue weighted by Gasteiger charge is 2.22. The third-order valence-corrected chi connectivity index (χ3v) is 3.20. The summed E-state index contributed by atoms with van der Waals surface area (Å²) in [5.74, 6) is 0. The molecule has 1 nitrogen and oxygen atoms in total. The molecule has 14 heavy (non-hydrogen) atoms. The van der Waals surface area contributed by atoms with Gasteiger partial charge in [-0.25, -0.2) is 0 Å². The van der Waals surface area contributed by atoms with E-state index in [-0.39, 0.29) is 0 Å². The first kappa shape index (κ1) is 9.72. The molecule has 76 valence electrons. The van der Waals surface area contributed by atoms with E-state index in [1.807, 2.05) is 0 Å². The molecule has 1 unspecified atom stereocenters. The van der Waals surface area contributed by atoms with Gasteiger partial charge < -0.3 is 0 Å². The molecule has 0 amide bonds. The van der Waals surface area contributed by atoms with Crippen LogP contribution in [0.3, 0.4) is 0 Å². The zero-order chi connectivity index (χ0) is 9.80. The van der Waals surface area contributed by atoms with E-state index in [0.29, 0.717) is 0 Å². The van der Waals surface area contributed by atoms with Crippen LogP contribution in [0.5, 0.6) is 0 Å². The third kappa shape index (κ3) is 2.16. The van der Waals surface area contributed by atoms with Crippen molar-refractivity contribution >= 4 is 0 Å². The quantitative estimate of drug-likeness (QED) is 0.706. The van der Waals surface area contributed by atoms with Crippen LogP contribution in [-0.2, 0) is 6.54 Å². The molecule has 1 aromatic carbocycles. The van der Waals surface area contributed by atoms with E-state index in [9.17, 15) is 0 Å². The molecule has 1 fully saturated rings. The zero-order valence-electron chi connectivity index (χ0n) is 8.95. The summed E-state index contributed by atoms with van der Waals surface area (Å²) in [6.45, 7) is 4.72. The highest BCUT2D eigenvalue weighted by atomic mass is 15.2. The molecular weight excluding hydrogens is 170 g/mol. The highest BCUT2D eigenvalue weighted by Crippen LogP contribution is 2.21. The van der Waals surface area contributed by atoms with Crippen LogP contribution in [0.15, 0.2) is 30.3 Å². The van der Waals surface area contributed by atoms with Crippen LogP contribution in [0.4, 0.5) is 0 Å². The van der Waals surface area contributed by atoms with Crippen molar-refractivity contribution in [1.29, 1.82) is 0 Å². The summed E-state index contributed by atoms with van der Waals surface area (Å²) in [5.41, 5.74) is 1.45. The standard InChI is InChI=1S/C13H19N/c1-2-13-9-6-10-14(13)11-12-7-4-3-5-8-12/h3-5,7-8,13H,2,6,9-11H2,1H3. The molecular formula is C13H19N. The Kier molecular flexibility index (Phi) is 3.20. The van der Waals surface area contributed by atoms with Gasteiger partial charge in [0, 0.05) is 12.6 Å². The van der Waals surface area contributed by atoms with Crippen LogP contribution in [0.25, 0.3) is 0 Å². The van der Waals surface area contributed by atoms with E-state index >= 15 is 0 Å². The predicted molar refractivity (Wildman–Crippen MR) is 60.2 cm³/mol. The van der Waals surface area contributed by atoms with Gasteiger partial charge in [-0.2, -0.15) is 0 Å². The Bertz CT molecular complexity index is 268. The number of likely N-dealkylation sites (tertiary alicyclic amines) is 1. The van der Waals surface area contributed by atoms with Gasteiger partial charge in [0.15, 0.2) is 0 Å². The number of benzene rings is 1. The fraction of sp³-hybridized carbons (Fsp3) is 0.538. The highest BCUT2D eigenvalue weighted by molar-refractivity contribution is 5.14. The molecule has 1 aromatic rings. The molecule has 0 spiro atoms. The summed E-state index contributed by atoms with van der Waals surface area (Å²) in [6, 6.07) is 11.6. The summed E-state index contributed by atoms with van der Waals surface area (Å²) < 4.78 is 0. The first-order valence-corrected chi connectivity index (χ1v) is 5.68. The van der Waals surface area contributed by atoms with Crippen LogP contribution in [0, 0.1) is 0 Å². The van der Waals surface area contributed by atoms with Crippen molar-refractivity contribution in [3.63, 3.8) is 0 Å². The maximum absolute atomic E-state index is 2.62. The molecule has 1 aliphatic heterocycles. The molecule has 1 atom stereocenters.